The largest absolute Gasteiger partial charge is 0.488 e. The molecule has 0 radical (unpaired) electrons. The van der Waals surface area contributed by atoms with Gasteiger partial charge < -0.3 is 4.74 Å². The third-order valence-corrected chi connectivity index (χ3v) is 6.82. The van der Waals surface area contributed by atoms with Crippen LogP contribution in [-0.4, -0.2) is 15.0 Å². The second kappa shape index (κ2) is 12.7. The highest BCUT2D eigenvalue weighted by Gasteiger charge is 2.36. The molecule has 1 N–H and O–H groups in total. The molecule has 1 aromatic heterocycles. The standard InChI is InChI=1S/C34H23F6N3O2/c1-2-22-8-3-4-10-25(22)20-45-28-13-7-12-27(34(38,39)40)29(28)31-41-30(42-32(44)43-31)24-18-15-21(16-19-24)14-17-23-9-5-6-11-26(23)33(35,36)37/h3-13,15-16,18-19H,2,20H2,1H3,(H,41,42,43,44). The first kappa shape index (κ1) is 31.1. The van der Waals surface area contributed by atoms with E-state index in [1.54, 1.807) is 6.07 Å². The van der Waals surface area contributed by atoms with Crippen molar-refractivity contribution >= 4 is 0 Å². The van der Waals surface area contributed by atoms with Gasteiger partial charge in [0.15, 0.2) is 5.82 Å². The van der Waals surface area contributed by atoms with Gasteiger partial charge in [0, 0.05) is 16.7 Å². The summed E-state index contributed by atoms with van der Waals surface area (Å²) in [6, 6.07) is 21.6. The fraction of sp³-hybridized carbons (Fsp3) is 0.147. The first-order chi connectivity index (χ1) is 21.4. The van der Waals surface area contributed by atoms with Crippen LogP contribution in [0.3, 0.4) is 0 Å². The van der Waals surface area contributed by atoms with Gasteiger partial charge in [-0.15, -0.1) is 0 Å². The third-order valence-electron chi connectivity index (χ3n) is 6.82. The zero-order valence-electron chi connectivity index (χ0n) is 23.6. The van der Waals surface area contributed by atoms with Crippen molar-refractivity contribution in [3.63, 3.8) is 0 Å². The van der Waals surface area contributed by atoms with E-state index in [-0.39, 0.29) is 29.3 Å². The summed E-state index contributed by atoms with van der Waals surface area (Å²) in [5.74, 6) is 4.48. The van der Waals surface area contributed by atoms with Crippen molar-refractivity contribution in [3.8, 4) is 40.4 Å². The Labute approximate surface area is 253 Å². The number of hydrogen-bond acceptors (Lipinski definition) is 4. The van der Waals surface area contributed by atoms with Crippen molar-refractivity contribution in [2.24, 2.45) is 0 Å². The van der Waals surface area contributed by atoms with Gasteiger partial charge in [-0.25, -0.2) is 9.78 Å². The summed E-state index contributed by atoms with van der Waals surface area (Å²) < 4.78 is 88.3. The van der Waals surface area contributed by atoms with Crippen LogP contribution in [0.2, 0.25) is 0 Å². The summed E-state index contributed by atoms with van der Waals surface area (Å²) in [6.45, 7) is 1.93. The Balaban J connectivity index is 1.50. The van der Waals surface area contributed by atoms with Crippen LogP contribution in [-0.2, 0) is 25.4 Å². The van der Waals surface area contributed by atoms with Crippen LogP contribution < -0.4 is 10.4 Å². The Bertz CT molecular complexity index is 1950. The van der Waals surface area contributed by atoms with Crippen LogP contribution in [0.25, 0.3) is 22.8 Å². The molecule has 0 saturated heterocycles. The number of rotatable bonds is 6. The van der Waals surface area contributed by atoms with E-state index < -0.39 is 40.6 Å². The highest BCUT2D eigenvalue weighted by Crippen LogP contribution is 2.41. The molecule has 0 unspecified atom stereocenters. The molecule has 0 fully saturated rings. The molecule has 0 amide bonds. The molecule has 228 valence electrons. The number of ether oxygens (including phenoxy) is 1. The van der Waals surface area contributed by atoms with Gasteiger partial charge >= 0.3 is 18.0 Å². The highest BCUT2D eigenvalue weighted by atomic mass is 19.4. The summed E-state index contributed by atoms with van der Waals surface area (Å²) >= 11 is 0. The van der Waals surface area contributed by atoms with Crippen LogP contribution in [0.5, 0.6) is 5.75 Å². The van der Waals surface area contributed by atoms with Crippen molar-refractivity contribution in [1.29, 1.82) is 0 Å². The minimum absolute atomic E-state index is 0.0174. The van der Waals surface area contributed by atoms with Crippen molar-refractivity contribution < 1.29 is 31.1 Å². The summed E-state index contributed by atoms with van der Waals surface area (Å²) in [5.41, 5.74) is -1.13. The summed E-state index contributed by atoms with van der Waals surface area (Å²) in [4.78, 5) is 23.0. The van der Waals surface area contributed by atoms with E-state index in [2.05, 4.69) is 26.8 Å². The quantitative estimate of drug-likeness (QED) is 0.154. The first-order valence-corrected chi connectivity index (χ1v) is 13.6. The molecule has 0 spiro atoms. The maximum Gasteiger partial charge on any atom is 0.417 e. The molecule has 5 aromatic rings. The number of nitrogens with zero attached hydrogens (tertiary/aromatic N) is 2. The Morgan fingerprint density at radius 1 is 0.733 bits per heavy atom. The van der Waals surface area contributed by atoms with Crippen LogP contribution in [0.1, 0.15) is 40.3 Å². The third kappa shape index (κ3) is 7.24. The Morgan fingerprint density at radius 2 is 1.38 bits per heavy atom. The number of aromatic amines is 1. The van der Waals surface area contributed by atoms with Crippen molar-refractivity contribution in [3.05, 3.63) is 135 Å². The molecule has 4 aromatic carbocycles. The number of nitrogens with one attached hydrogen (secondary N) is 1. The van der Waals surface area contributed by atoms with Gasteiger partial charge in [0.25, 0.3) is 0 Å². The summed E-state index contributed by atoms with van der Waals surface area (Å²) in [6.07, 6.45) is -8.67. The number of H-pyrrole nitrogens is 1. The molecule has 1 heterocycles. The van der Waals surface area contributed by atoms with E-state index >= 15 is 0 Å². The predicted molar refractivity (Wildman–Crippen MR) is 156 cm³/mol. The fourth-order valence-corrected chi connectivity index (χ4v) is 4.64. The van der Waals surface area contributed by atoms with Gasteiger partial charge in [0.05, 0.1) is 16.7 Å². The molecule has 5 rings (SSSR count). The molecule has 0 aliphatic rings. The average Bonchev–Trinajstić information content (AvgIpc) is 3.02. The lowest BCUT2D eigenvalue weighted by Crippen LogP contribution is -2.17. The lowest BCUT2D eigenvalue weighted by Gasteiger charge is -2.18. The van der Waals surface area contributed by atoms with E-state index in [0.717, 1.165) is 23.3 Å². The minimum Gasteiger partial charge on any atom is -0.488 e. The van der Waals surface area contributed by atoms with Crippen LogP contribution in [0, 0.1) is 11.8 Å². The van der Waals surface area contributed by atoms with E-state index in [1.807, 2.05) is 25.1 Å². The minimum atomic E-state index is -4.80. The van der Waals surface area contributed by atoms with Gasteiger partial charge in [-0.1, -0.05) is 61.2 Å². The smallest absolute Gasteiger partial charge is 0.417 e. The van der Waals surface area contributed by atoms with Crippen LogP contribution in [0.15, 0.2) is 95.8 Å². The molecule has 0 atom stereocenters. The lowest BCUT2D eigenvalue weighted by atomic mass is 10.0. The van der Waals surface area contributed by atoms with Crippen LogP contribution in [0.4, 0.5) is 26.3 Å². The molecule has 45 heavy (non-hydrogen) atoms. The molecule has 0 aliphatic heterocycles. The van der Waals surface area contributed by atoms with E-state index in [9.17, 15) is 31.1 Å². The van der Waals surface area contributed by atoms with E-state index in [1.165, 1.54) is 54.6 Å². The number of aromatic nitrogens is 3. The number of hydrogen-bond donors (Lipinski definition) is 1. The normalized spacial score (nSPS) is 11.5. The lowest BCUT2D eigenvalue weighted by molar-refractivity contribution is -0.138. The van der Waals surface area contributed by atoms with Gasteiger partial charge in [-0.05, 0) is 66.1 Å². The van der Waals surface area contributed by atoms with E-state index in [4.69, 9.17) is 4.74 Å². The molecular formula is C34H23F6N3O2. The maximum atomic E-state index is 14.2. The monoisotopic (exact) mass is 619 g/mol. The van der Waals surface area contributed by atoms with Crippen molar-refractivity contribution in [2.45, 2.75) is 32.3 Å². The summed E-state index contributed by atoms with van der Waals surface area (Å²) in [7, 11) is 0. The number of alkyl halides is 6. The fourth-order valence-electron chi connectivity index (χ4n) is 4.64. The Hall–Kier alpha value is -5.37. The molecular weight excluding hydrogens is 596 g/mol. The second-order valence-electron chi connectivity index (χ2n) is 9.78. The Kier molecular flexibility index (Phi) is 8.77. The Morgan fingerprint density at radius 3 is 2.07 bits per heavy atom. The predicted octanol–water partition coefficient (Wildman–Crippen LogP) is 8.08. The number of benzene rings is 4. The SMILES string of the molecule is CCc1ccccc1COc1cccc(C(F)(F)F)c1-c1nc(-c2ccc(C#Cc3ccccc3C(F)(F)F)cc2)nc(=O)[nH]1. The van der Waals surface area contributed by atoms with Crippen molar-refractivity contribution in [2.75, 3.05) is 0 Å². The molecule has 5 nitrogen and oxygen atoms in total. The highest BCUT2D eigenvalue weighted by molar-refractivity contribution is 5.71. The second-order valence-corrected chi connectivity index (χ2v) is 9.78. The topological polar surface area (TPSA) is 67.9 Å². The zero-order chi connectivity index (χ0) is 32.2. The van der Waals surface area contributed by atoms with Crippen LogP contribution >= 0.6 is 0 Å². The summed E-state index contributed by atoms with van der Waals surface area (Å²) in [5, 5.41) is 0. The van der Waals surface area contributed by atoms with Gasteiger partial charge in [-0.2, -0.15) is 31.3 Å². The van der Waals surface area contributed by atoms with Crippen molar-refractivity contribution in [1.82, 2.24) is 15.0 Å². The van der Waals surface area contributed by atoms with Gasteiger partial charge in [-0.3, -0.25) is 4.98 Å². The molecule has 0 aliphatic carbocycles. The maximum absolute atomic E-state index is 14.2. The van der Waals surface area contributed by atoms with Gasteiger partial charge in [0.1, 0.15) is 18.2 Å². The number of halogens is 6. The van der Waals surface area contributed by atoms with Gasteiger partial charge in [0.2, 0.25) is 0 Å². The molecule has 0 saturated carbocycles. The van der Waals surface area contributed by atoms with E-state index in [0.29, 0.717) is 12.0 Å². The first-order valence-electron chi connectivity index (χ1n) is 13.6. The average molecular weight is 620 g/mol. The molecule has 11 heteroatoms. The number of aryl methyl sites for hydroxylation is 1. The molecule has 0 bridgehead atoms. The zero-order valence-corrected chi connectivity index (χ0v) is 23.6.